The van der Waals surface area contributed by atoms with Crippen molar-refractivity contribution in [2.24, 2.45) is 0 Å². The fourth-order valence-corrected chi connectivity index (χ4v) is 2.76. The number of rotatable bonds is 7. The second kappa shape index (κ2) is 8.81. The highest BCUT2D eigenvalue weighted by Gasteiger charge is 2.15. The van der Waals surface area contributed by atoms with Gasteiger partial charge in [0.2, 0.25) is 0 Å². The van der Waals surface area contributed by atoms with Crippen molar-refractivity contribution in [3.05, 3.63) is 95.7 Å². The first-order valence-corrected chi connectivity index (χ1v) is 8.83. The Hall–Kier alpha value is -3.14. The normalized spacial score (nSPS) is 10.3. The van der Waals surface area contributed by atoms with Crippen molar-refractivity contribution >= 4 is 11.7 Å². The maximum absolute atomic E-state index is 12.9. The topological polar surface area (TPSA) is 45.2 Å². The van der Waals surface area contributed by atoms with Crippen LogP contribution in [0, 0.1) is 0 Å². The molecule has 3 rings (SSSR count). The quantitative estimate of drug-likeness (QED) is 0.692. The Kier molecular flexibility index (Phi) is 5.99. The zero-order chi connectivity index (χ0) is 18.2. The van der Waals surface area contributed by atoms with Crippen LogP contribution >= 0.6 is 0 Å². The van der Waals surface area contributed by atoms with Crippen molar-refractivity contribution in [2.75, 3.05) is 11.9 Å². The summed E-state index contributed by atoms with van der Waals surface area (Å²) in [7, 11) is 0. The second-order valence-corrected chi connectivity index (χ2v) is 6.07. The third-order valence-electron chi connectivity index (χ3n) is 4.21. The molecule has 0 spiro atoms. The minimum atomic E-state index is 0.0153. The minimum absolute atomic E-state index is 0.0153. The van der Waals surface area contributed by atoms with E-state index in [2.05, 4.69) is 22.4 Å². The maximum atomic E-state index is 12.9. The number of nitrogens with one attached hydrogen (secondary N) is 1. The Labute approximate surface area is 154 Å². The number of hydrogen-bond acceptors (Lipinski definition) is 3. The molecule has 1 aromatic heterocycles. The summed E-state index contributed by atoms with van der Waals surface area (Å²) in [6, 6.07) is 23.7. The van der Waals surface area contributed by atoms with E-state index in [0.29, 0.717) is 31.0 Å². The summed E-state index contributed by atoms with van der Waals surface area (Å²) in [6.07, 6.45) is 1.68. The number of anilines is 1. The van der Waals surface area contributed by atoms with E-state index in [9.17, 15) is 4.79 Å². The molecular formula is C22H23N3O. The fraction of sp³-hybridized carbons (Fsp3) is 0.182. The molecule has 0 saturated carbocycles. The molecular weight excluding hydrogens is 322 g/mol. The molecule has 0 aliphatic carbocycles. The van der Waals surface area contributed by atoms with Gasteiger partial charge in [0.15, 0.2) is 0 Å². The average molecular weight is 345 g/mol. The van der Waals surface area contributed by atoms with Crippen LogP contribution in [0.5, 0.6) is 0 Å². The van der Waals surface area contributed by atoms with Gasteiger partial charge in [-0.1, -0.05) is 60.7 Å². The van der Waals surface area contributed by atoms with Gasteiger partial charge in [-0.15, -0.1) is 0 Å². The SMILES string of the molecule is CCN(Cc1ccccc1)C(=O)c1ccnc(NCc2ccccc2)c1. The zero-order valence-electron chi connectivity index (χ0n) is 14.9. The molecule has 3 aromatic rings. The third kappa shape index (κ3) is 4.70. The lowest BCUT2D eigenvalue weighted by molar-refractivity contribution is 0.0752. The van der Waals surface area contributed by atoms with E-state index in [1.54, 1.807) is 12.3 Å². The second-order valence-electron chi connectivity index (χ2n) is 6.07. The van der Waals surface area contributed by atoms with E-state index in [1.807, 2.05) is 66.4 Å². The number of nitrogens with zero attached hydrogens (tertiary/aromatic N) is 2. The zero-order valence-corrected chi connectivity index (χ0v) is 14.9. The van der Waals surface area contributed by atoms with Gasteiger partial charge in [-0.3, -0.25) is 4.79 Å². The monoisotopic (exact) mass is 345 g/mol. The smallest absolute Gasteiger partial charge is 0.254 e. The van der Waals surface area contributed by atoms with Gasteiger partial charge < -0.3 is 10.2 Å². The largest absolute Gasteiger partial charge is 0.366 e. The summed E-state index contributed by atoms with van der Waals surface area (Å²) in [6.45, 7) is 3.93. The molecule has 1 heterocycles. The van der Waals surface area contributed by atoms with Crippen molar-refractivity contribution < 1.29 is 4.79 Å². The number of carbonyl (C=O) groups excluding carboxylic acids is 1. The van der Waals surface area contributed by atoms with Crippen LogP contribution in [0.2, 0.25) is 0 Å². The van der Waals surface area contributed by atoms with Crippen molar-refractivity contribution in [3.8, 4) is 0 Å². The maximum Gasteiger partial charge on any atom is 0.254 e. The molecule has 0 saturated heterocycles. The van der Waals surface area contributed by atoms with Gasteiger partial charge in [0, 0.05) is 31.4 Å². The Balaban J connectivity index is 1.68. The number of carbonyl (C=O) groups is 1. The Morgan fingerprint density at radius 2 is 1.62 bits per heavy atom. The summed E-state index contributed by atoms with van der Waals surface area (Å²) >= 11 is 0. The number of benzene rings is 2. The summed E-state index contributed by atoms with van der Waals surface area (Å²) in [5.74, 6) is 0.719. The van der Waals surface area contributed by atoms with Crippen LogP contribution in [0.25, 0.3) is 0 Å². The lowest BCUT2D eigenvalue weighted by Crippen LogP contribution is -2.30. The molecule has 1 amide bonds. The van der Waals surface area contributed by atoms with E-state index in [4.69, 9.17) is 0 Å². The Bertz CT molecular complexity index is 834. The molecule has 0 atom stereocenters. The molecule has 0 fully saturated rings. The average Bonchev–Trinajstić information content (AvgIpc) is 2.72. The number of pyridine rings is 1. The minimum Gasteiger partial charge on any atom is -0.366 e. The highest BCUT2D eigenvalue weighted by Crippen LogP contribution is 2.13. The number of aromatic nitrogens is 1. The molecule has 4 nitrogen and oxygen atoms in total. The predicted octanol–water partition coefficient (Wildman–Crippen LogP) is 4.36. The molecule has 132 valence electrons. The third-order valence-corrected chi connectivity index (χ3v) is 4.21. The summed E-state index contributed by atoms with van der Waals surface area (Å²) in [5, 5.41) is 3.28. The van der Waals surface area contributed by atoms with Crippen molar-refractivity contribution in [1.29, 1.82) is 0 Å². The lowest BCUT2D eigenvalue weighted by Gasteiger charge is -2.21. The molecule has 0 aliphatic rings. The molecule has 4 heteroatoms. The van der Waals surface area contributed by atoms with Gasteiger partial charge in [0.1, 0.15) is 5.82 Å². The van der Waals surface area contributed by atoms with E-state index >= 15 is 0 Å². The van der Waals surface area contributed by atoms with Crippen LogP contribution in [0.1, 0.15) is 28.4 Å². The predicted molar refractivity (Wildman–Crippen MR) is 105 cm³/mol. The molecule has 0 aliphatic heterocycles. The van der Waals surface area contributed by atoms with Gasteiger partial charge in [0.05, 0.1) is 0 Å². The summed E-state index contributed by atoms with van der Waals surface area (Å²) < 4.78 is 0. The van der Waals surface area contributed by atoms with Crippen LogP contribution in [0.3, 0.4) is 0 Å². The fourth-order valence-electron chi connectivity index (χ4n) is 2.76. The highest BCUT2D eigenvalue weighted by molar-refractivity contribution is 5.94. The molecule has 0 radical (unpaired) electrons. The highest BCUT2D eigenvalue weighted by atomic mass is 16.2. The van der Waals surface area contributed by atoms with E-state index < -0.39 is 0 Å². The molecule has 1 N–H and O–H groups in total. The molecule has 2 aromatic carbocycles. The van der Waals surface area contributed by atoms with Crippen molar-refractivity contribution in [1.82, 2.24) is 9.88 Å². The van der Waals surface area contributed by atoms with Crippen LogP contribution in [0.4, 0.5) is 5.82 Å². The van der Waals surface area contributed by atoms with Crippen molar-refractivity contribution in [2.45, 2.75) is 20.0 Å². The van der Waals surface area contributed by atoms with Crippen LogP contribution in [-0.2, 0) is 13.1 Å². The van der Waals surface area contributed by atoms with Gasteiger partial charge in [-0.05, 0) is 30.2 Å². The molecule has 26 heavy (non-hydrogen) atoms. The van der Waals surface area contributed by atoms with Crippen LogP contribution in [0.15, 0.2) is 79.0 Å². The van der Waals surface area contributed by atoms with Gasteiger partial charge in [0.25, 0.3) is 5.91 Å². The van der Waals surface area contributed by atoms with Crippen LogP contribution < -0.4 is 5.32 Å². The molecule has 0 bridgehead atoms. The first-order chi connectivity index (χ1) is 12.8. The first-order valence-electron chi connectivity index (χ1n) is 8.83. The Morgan fingerprint density at radius 1 is 0.962 bits per heavy atom. The van der Waals surface area contributed by atoms with Gasteiger partial charge in [-0.25, -0.2) is 4.98 Å². The lowest BCUT2D eigenvalue weighted by atomic mass is 10.1. The molecule has 0 unspecified atom stereocenters. The van der Waals surface area contributed by atoms with Crippen LogP contribution in [-0.4, -0.2) is 22.3 Å². The van der Waals surface area contributed by atoms with Crippen molar-refractivity contribution in [3.63, 3.8) is 0 Å². The number of amides is 1. The van der Waals surface area contributed by atoms with E-state index in [-0.39, 0.29) is 5.91 Å². The first kappa shape index (κ1) is 17.7. The van der Waals surface area contributed by atoms with Gasteiger partial charge >= 0.3 is 0 Å². The summed E-state index contributed by atoms with van der Waals surface area (Å²) in [4.78, 5) is 19.0. The standard InChI is InChI=1S/C22H23N3O/c1-2-25(17-19-11-7-4-8-12-19)22(26)20-13-14-23-21(15-20)24-16-18-9-5-3-6-10-18/h3-15H,2,16-17H2,1H3,(H,23,24). The van der Waals surface area contributed by atoms with E-state index in [1.165, 1.54) is 5.56 Å². The summed E-state index contributed by atoms with van der Waals surface area (Å²) in [5.41, 5.74) is 2.94. The van der Waals surface area contributed by atoms with E-state index in [0.717, 1.165) is 5.56 Å². The number of hydrogen-bond donors (Lipinski definition) is 1. The van der Waals surface area contributed by atoms with Gasteiger partial charge in [-0.2, -0.15) is 0 Å². The Morgan fingerprint density at radius 3 is 2.27 bits per heavy atom.